The van der Waals surface area contributed by atoms with Crippen molar-refractivity contribution in [3.05, 3.63) is 77.4 Å². The maximum Gasteiger partial charge on any atom is 0.253 e. The van der Waals surface area contributed by atoms with Crippen molar-refractivity contribution in [1.29, 1.82) is 0 Å². The van der Waals surface area contributed by atoms with Gasteiger partial charge in [-0.15, -0.1) is 0 Å². The summed E-state index contributed by atoms with van der Waals surface area (Å²) in [6.07, 6.45) is 5.94. The highest BCUT2D eigenvalue weighted by molar-refractivity contribution is 5.94. The van der Waals surface area contributed by atoms with Crippen molar-refractivity contribution < 1.29 is 9.53 Å². The lowest BCUT2D eigenvalue weighted by Gasteiger charge is -2.44. The van der Waals surface area contributed by atoms with Gasteiger partial charge in [-0.25, -0.2) is 9.97 Å². The van der Waals surface area contributed by atoms with Crippen LogP contribution in [0.5, 0.6) is 0 Å². The van der Waals surface area contributed by atoms with Crippen molar-refractivity contribution in [3.8, 4) is 11.4 Å². The zero-order chi connectivity index (χ0) is 20.6. The first-order valence-corrected chi connectivity index (χ1v) is 10.4. The lowest BCUT2D eigenvalue weighted by atomic mass is 9.83. The second kappa shape index (κ2) is 7.61. The summed E-state index contributed by atoms with van der Waals surface area (Å²) in [5.74, 6) is 0.782. The van der Waals surface area contributed by atoms with Gasteiger partial charge in [-0.1, -0.05) is 30.3 Å². The summed E-state index contributed by atoms with van der Waals surface area (Å²) in [6.45, 7) is 3.85. The molecule has 4 heterocycles. The van der Waals surface area contributed by atoms with Gasteiger partial charge in [0.1, 0.15) is 5.60 Å². The van der Waals surface area contributed by atoms with Crippen molar-refractivity contribution in [2.45, 2.75) is 31.8 Å². The number of carbonyl (C=O) groups is 1. The average molecular weight is 400 g/mol. The van der Waals surface area contributed by atoms with Gasteiger partial charge in [0.05, 0.1) is 12.3 Å². The number of ether oxygens (including phenoxy) is 1. The van der Waals surface area contributed by atoms with E-state index in [9.17, 15) is 4.79 Å². The van der Waals surface area contributed by atoms with Crippen LogP contribution in [0.25, 0.3) is 11.4 Å². The third-order valence-corrected chi connectivity index (χ3v) is 6.08. The predicted molar refractivity (Wildman–Crippen MR) is 113 cm³/mol. The molecule has 1 amide bonds. The van der Waals surface area contributed by atoms with Crippen LogP contribution < -0.4 is 0 Å². The molecule has 1 aromatic carbocycles. The first kappa shape index (κ1) is 18.9. The minimum Gasteiger partial charge on any atom is -0.368 e. The number of hydrogen-bond acceptors (Lipinski definition) is 5. The molecule has 152 valence electrons. The second-order valence-corrected chi connectivity index (χ2v) is 8.00. The second-order valence-electron chi connectivity index (χ2n) is 8.00. The average Bonchev–Trinajstić information content (AvgIpc) is 2.80. The highest BCUT2D eigenvalue weighted by Gasteiger charge is 2.43. The fourth-order valence-electron chi connectivity index (χ4n) is 4.45. The topological polar surface area (TPSA) is 68.2 Å². The quantitative estimate of drug-likeness (QED) is 0.658. The summed E-state index contributed by atoms with van der Waals surface area (Å²) in [7, 11) is 0. The smallest absolute Gasteiger partial charge is 0.253 e. The molecule has 6 heteroatoms. The van der Waals surface area contributed by atoms with Gasteiger partial charge in [0, 0.05) is 42.3 Å². The highest BCUT2D eigenvalue weighted by Crippen LogP contribution is 2.41. The van der Waals surface area contributed by atoms with Crippen LogP contribution in [0.15, 0.2) is 54.9 Å². The Balaban J connectivity index is 1.40. The van der Waals surface area contributed by atoms with E-state index in [1.54, 1.807) is 12.3 Å². The number of nitrogens with zero attached hydrogens (tertiary/aromatic N) is 4. The zero-order valence-corrected chi connectivity index (χ0v) is 17.0. The number of amides is 1. The van der Waals surface area contributed by atoms with Gasteiger partial charge in [0.25, 0.3) is 5.91 Å². The maximum atomic E-state index is 12.9. The number of carbonyl (C=O) groups excluding carboxylic acids is 1. The number of aromatic nitrogens is 3. The summed E-state index contributed by atoms with van der Waals surface area (Å²) in [5, 5.41) is 0. The van der Waals surface area contributed by atoms with Crippen LogP contribution >= 0.6 is 0 Å². The van der Waals surface area contributed by atoms with Crippen molar-refractivity contribution >= 4 is 5.91 Å². The number of benzene rings is 1. The van der Waals surface area contributed by atoms with Gasteiger partial charge in [-0.05, 0) is 43.9 Å². The van der Waals surface area contributed by atoms with Crippen LogP contribution in [-0.2, 0) is 16.8 Å². The van der Waals surface area contributed by atoms with Gasteiger partial charge in [0.2, 0.25) is 0 Å². The molecule has 6 nitrogen and oxygen atoms in total. The number of likely N-dealkylation sites (tertiary alicyclic amines) is 1. The van der Waals surface area contributed by atoms with E-state index in [1.165, 1.54) is 0 Å². The van der Waals surface area contributed by atoms with E-state index in [2.05, 4.69) is 9.97 Å². The number of piperidine rings is 1. The van der Waals surface area contributed by atoms with Crippen LogP contribution in [0.2, 0.25) is 0 Å². The van der Waals surface area contributed by atoms with E-state index in [1.807, 2.05) is 54.4 Å². The van der Waals surface area contributed by atoms with Crippen LogP contribution in [0.1, 0.15) is 40.2 Å². The molecule has 2 aromatic heterocycles. The van der Waals surface area contributed by atoms with Gasteiger partial charge in [-0.3, -0.25) is 9.78 Å². The number of fused-ring (bicyclic) bond motifs is 2. The van der Waals surface area contributed by atoms with Crippen molar-refractivity contribution in [2.75, 3.05) is 19.7 Å². The molecule has 0 atom stereocenters. The summed E-state index contributed by atoms with van der Waals surface area (Å²) < 4.78 is 6.34. The Morgan fingerprint density at radius 2 is 1.90 bits per heavy atom. The molecule has 1 saturated heterocycles. The summed E-state index contributed by atoms with van der Waals surface area (Å²) >= 11 is 0. The maximum absolute atomic E-state index is 12.9. The molecule has 5 rings (SSSR count). The standard InChI is InChI=1S/C24H24N4O2/c1-17-15-19(7-11-25-17)23(29)28-12-9-24(10-13-28)21-20(8-14-30-24)16-26-22(27-21)18-5-3-2-4-6-18/h2-7,11,15-16H,8-10,12-14H2,1H3. The normalized spacial score (nSPS) is 17.6. The minimum atomic E-state index is -0.439. The molecule has 30 heavy (non-hydrogen) atoms. The number of rotatable bonds is 2. The molecule has 3 aromatic rings. The van der Waals surface area contributed by atoms with Gasteiger partial charge in [-0.2, -0.15) is 0 Å². The fourth-order valence-corrected chi connectivity index (χ4v) is 4.45. The molecule has 0 N–H and O–H groups in total. The van der Waals surface area contributed by atoms with E-state index in [-0.39, 0.29) is 5.91 Å². The van der Waals surface area contributed by atoms with E-state index in [4.69, 9.17) is 9.72 Å². The molecule has 2 aliphatic heterocycles. The van der Waals surface area contributed by atoms with Crippen LogP contribution in [0, 0.1) is 6.92 Å². The number of pyridine rings is 1. The van der Waals surface area contributed by atoms with E-state index in [0.29, 0.717) is 25.3 Å². The zero-order valence-electron chi connectivity index (χ0n) is 17.0. The molecule has 1 fully saturated rings. The Morgan fingerprint density at radius 1 is 1.10 bits per heavy atom. The Hall–Kier alpha value is -3.12. The molecular weight excluding hydrogens is 376 g/mol. The van der Waals surface area contributed by atoms with E-state index < -0.39 is 5.60 Å². The number of aryl methyl sites for hydroxylation is 1. The molecule has 0 unspecified atom stereocenters. The molecule has 0 bridgehead atoms. The minimum absolute atomic E-state index is 0.0547. The summed E-state index contributed by atoms with van der Waals surface area (Å²) in [5.41, 5.74) is 4.26. The fraction of sp³-hybridized carbons (Fsp3) is 0.333. The van der Waals surface area contributed by atoms with Gasteiger partial charge in [0.15, 0.2) is 5.82 Å². The first-order valence-electron chi connectivity index (χ1n) is 10.4. The highest BCUT2D eigenvalue weighted by atomic mass is 16.5. The Kier molecular flexibility index (Phi) is 4.79. The third kappa shape index (κ3) is 3.37. The Morgan fingerprint density at radius 3 is 2.67 bits per heavy atom. The molecule has 0 radical (unpaired) electrons. The molecule has 2 aliphatic rings. The molecule has 0 saturated carbocycles. The molecular formula is C24H24N4O2. The summed E-state index contributed by atoms with van der Waals surface area (Å²) in [4.78, 5) is 28.6. The third-order valence-electron chi connectivity index (χ3n) is 6.08. The van der Waals surface area contributed by atoms with Crippen LogP contribution in [-0.4, -0.2) is 45.5 Å². The lowest BCUT2D eigenvalue weighted by molar-refractivity contribution is -0.0967. The SMILES string of the molecule is Cc1cc(C(=O)N2CCC3(CC2)OCCc2cnc(-c4ccccc4)nc23)ccn1. The van der Waals surface area contributed by atoms with E-state index >= 15 is 0 Å². The van der Waals surface area contributed by atoms with Gasteiger partial charge < -0.3 is 9.64 Å². The Bertz CT molecular complexity index is 1080. The predicted octanol–water partition coefficient (Wildman–Crippen LogP) is 3.55. The van der Waals surface area contributed by atoms with Crippen molar-refractivity contribution in [2.24, 2.45) is 0 Å². The largest absolute Gasteiger partial charge is 0.368 e. The Labute approximate surface area is 176 Å². The number of hydrogen-bond donors (Lipinski definition) is 0. The van der Waals surface area contributed by atoms with E-state index in [0.717, 1.165) is 47.6 Å². The lowest BCUT2D eigenvalue weighted by Crippen LogP contribution is -2.49. The van der Waals surface area contributed by atoms with Crippen molar-refractivity contribution in [1.82, 2.24) is 19.9 Å². The first-order chi connectivity index (χ1) is 14.6. The molecule has 1 spiro atoms. The monoisotopic (exact) mass is 400 g/mol. The molecule has 0 aliphatic carbocycles. The van der Waals surface area contributed by atoms with Gasteiger partial charge >= 0.3 is 0 Å². The van der Waals surface area contributed by atoms with Crippen LogP contribution in [0.4, 0.5) is 0 Å². The van der Waals surface area contributed by atoms with Crippen LogP contribution in [0.3, 0.4) is 0 Å². The van der Waals surface area contributed by atoms with Crippen molar-refractivity contribution in [3.63, 3.8) is 0 Å². The summed E-state index contributed by atoms with van der Waals surface area (Å²) in [6, 6.07) is 13.7.